The van der Waals surface area contributed by atoms with Gasteiger partial charge in [-0.3, -0.25) is 9.80 Å². The first-order chi connectivity index (χ1) is 7.40. The van der Waals surface area contributed by atoms with Gasteiger partial charge in [-0.05, 0) is 12.8 Å². The monoisotopic (exact) mass is 211 g/mol. The maximum absolute atomic E-state index is 5.58. The van der Waals surface area contributed by atoms with E-state index in [9.17, 15) is 0 Å². The Morgan fingerprint density at radius 2 is 1.60 bits per heavy atom. The van der Waals surface area contributed by atoms with E-state index in [1.54, 1.807) is 0 Å². The Morgan fingerprint density at radius 3 is 2.20 bits per heavy atom. The Kier molecular flexibility index (Phi) is 4.42. The summed E-state index contributed by atoms with van der Waals surface area (Å²) in [5, 5.41) is 0. The van der Waals surface area contributed by atoms with Crippen LogP contribution in [0, 0.1) is 0 Å². The fourth-order valence-electron chi connectivity index (χ4n) is 2.98. The second-order valence-electron chi connectivity index (χ2n) is 4.96. The van der Waals surface area contributed by atoms with E-state index in [1.165, 1.54) is 58.3 Å². The molecule has 2 N–H and O–H groups in total. The van der Waals surface area contributed by atoms with Crippen LogP contribution in [0.3, 0.4) is 0 Å². The molecule has 88 valence electrons. The first-order valence-corrected chi connectivity index (χ1v) is 6.56. The Labute approximate surface area is 93.6 Å². The molecule has 0 amide bonds. The maximum Gasteiger partial charge on any atom is 0.0113 e. The van der Waals surface area contributed by atoms with Crippen LogP contribution in [0.5, 0.6) is 0 Å². The second-order valence-corrected chi connectivity index (χ2v) is 4.96. The van der Waals surface area contributed by atoms with Crippen molar-refractivity contribution in [3.05, 3.63) is 0 Å². The number of piperazine rings is 1. The molecule has 2 rings (SSSR count). The van der Waals surface area contributed by atoms with Crippen LogP contribution in [-0.2, 0) is 0 Å². The summed E-state index contributed by atoms with van der Waals surface area (Å²) in [6, 6.07) is 0.902. The van der Waals surface area contributed by atoms with Crippen molar-refractivity contribution >= 4 is 0 Å². The standard InChI is InChI=1S/C12H25N3/c13-6-7-14-8-10-15(11-9-14)12-4-2-1-3-5-12/h12H,1-11,13H2. The Morgan fingerprint density at radius 1 is 0.933 bits per heavy atom. The van der Waals surface area contributed by atoms with E-state index >= 15 is 0 Å². The molecule has 0 bridgehead atoms. The van der Waals surface area contributed by atoms with Crippen LogP contribution >= 0.6 is 0 Å². The summed E-state index contributed by atoms with van der Waals surface area (Å²) in [4.78, 5) is 5.21. The smallest absolute Gasteiger partial charge is 0.0113 e. The van der Waals surface area contributed by atoms with Crippen molar-refractivity contribution in [2.75, 3.05) is 39.3 Å². The topological polar surface area (TPSA) is 32.5 Å². The van der Waals surface area contributed by atoms with Crippen molar-refractivity contribution in [3.8, 4) is 0 Å². The number of nitrogens with zero attached hydrogens (tertiary/aromatic N) is 2. The average Bonchev–Trinajstić information content (AvgIpc) is 2.32. The molecule has 1 aliphatic carbocycles. The highest BCUT2D eigenvalue weighted by Crippen LogP contribution is 2.23. The molecule has 2 aliphatic rings. The summed E-state index contributed by atoms with van der Waals surface area (Å²) in [5.41, 5.74) is 5.58. The van der Waals surface area contributed by atoms with E-state index in [-0.39, 0.29) is 0 Å². The normalized spacial score (nSPS) is 27.0. The quantitative estimate of drug-likeness (QED) is 0.752. The van der Waals surface area contributed by atoms with Gasteiger partial charge in [-0.1, -0.05) is 19.3 Å². The van der Waals surface area contributed by atoms with E-state index < -0.39 is 0 Å². The van der Waals surface area contributed by atoms with Crippen LogP contribution in [0.25, 0.3) is 0 Å². The molecule has 1 heterocycles. The fraction of sp³-hybridized carbons (Fsp3) is 1.00. The lowest BCUT2D eigenvalue weighted by Gasteiger charge is -2.40. The third-order valence-corrected chi connectivity index (χ3v) is 3.94. The van der Waals surface area contributed by atoms with Crippen molar-refractivity contribution in [2.45, 2.75) is 38.1 Å². The summed E-state index contributed by atoms with van der Waals surface area (Å²) in [7, 11) is 0. The molecule has 0 aromatic rings. The molecule has 0 aromatic carbocycles. The molecule has 1 saturated carbocycles. The highest BCUT2D eigenvalue weighted by Gasteiger charge is 2.24. The molecule has 3 nitrogen and oxygen atoms in total. The fourth-order valence-corrected chi connectivity index (χ4v) is 2.98. The van der Waals surface area contributed by atoms with Gasteiger partial charge in [0.25, 0.3) is 0 Å². The molecular formula is C12H25N3. The van der Waals surface area contributed by atoms with Gasteiger partial charge >= 0.3 is 0 Å². The minimum atomic E-state index is 0.809. The predicted octanol–water partition coefficient (Wildman–Crippen LogP) is 0.895. The molecular weight excluding hydrogens is 186 g/mol. The van der Waals surface area contributed by atoms with E-state index in [4.69, 9.17) is 5.73 Å². The lowest BCUT2D eigenvalue weighted by molar-refractivity contribution is 0.0806. The summed E-state index contributed by atoms with van der Waals surface area (Å²) < 4.78 is 0. The van der Waals surface area contributed by atoms with Gasteiger partial charge in [-0.2, -0.15) is 0 Å². The lowest BCUT2D eigenvalue weighted by Crippen LogP contribution is -2.51. The number of hydrogen-bond acceptors (Lipinski definition) is 3. The van der Waals surface area contributed by atoms with Gasteiger partial charge in [-0.25, -0.2) is 0 Å². The molecule has 0 spiro atoms. The van der Waals surface area contributed by atoms with Gasteiger partial charge in [0.1, 0.15) is 0 Å². The summed E-state index contributed by atoms with van der Waals surface area (Å²) in [6.07, 6.45) is 7.25. The van der Waals surface area contributed by atoms with Gasteiger partial charge < -0.3 is 5.73 Å². The number of nitrogens with two attached hydrogens (primary N) is 1. The van der Waals surface area contributed by atoms with Crippen LogP contribution < -0.4 is 5.73 Å². The van der Waals surface area contributed by atoms with Crippen LogP contribution in [0.4, 0.5) is 0 Å². The molecule has 2 fully saturated rings. The highest BCUT2D eigenvalue weighted by molar-refractivity contribution is 4.80. The zero-order chi connectivity index (χ0) is 10.5. The zero-order valence-electron chi connectivity index (χ0n) is 9.83. The van der Waals surface area contributed by atoms with E-state index in [1.807, 2.05) is 0 Å². The molecule has 0 radical (unpaired) electrons. The largest absolute Gasteiger partial charge is 0.329 e. The van der Waals surface area contributed by atoms with Crippen molar-refractivity contribution in [1.82, 2.24) is 9.80 Å². The number of hydrogen-bond donors (Lipinski definition) is 1. The molecule has 3 heteroatoms. The second kappa shape index (κ2) is 5.83. The van der Waals surface area contributed by atoms with E-state index in [2.05, 4.69) is 9.80 Å². The zero-order valence-corrected chi connectivity index (χ0v) is 9.83. The van der Waals surface area contributed by atoms with Gasteiger partial charge in [0.05, 0.1) is 0 Å². The first-order valence-electron chi connectivity index (χ1n) is 6.56. The first kappa shape index (κ1) is 11.4. The Hall–Kier alpha value is -0.120. The molecule has 0 atom stereocenters. The van der Waals surface area contributed by atoms with Crippen molar-refractivity contribution < 1.29 is 0 Å². The summed E-state index contributed by atoms with van der Waals surface area (Å²) >= 11 is 0. The summed E-state index contributed by atoms with van der Waals surface area (Å²) in [5.74, 6) is 0. The molecule has 1 saturated heterocycles. The van der Waals surface area contributed by atoms with Crippen molar-refractivity contribution in [3.63, 3.8) is 0 Å². The maximum atomic E-state index is 5.58. The molecule has 1 aliphatic heterocycles. The average molecular weight is 211 g/mol. The van der Waals surface area contributed by atoms with Gasteiger partial charge in [0, 0.05) is 45.3 Å². The van der Waals surface area contributed by atoms with Crippen LogP contribution in [0.15, 0.2) is 0 Å². The van der Waals surface area contributed by atoms with Gasteiger partial charge in [0.15, 0.2) is 0 Å². The van der Waals surface area contributed by atoms with Crippen molar-refractivity contribution in [1.29, 1.82) is 0 Å². The van der Waals surface area contributed by atoms with Gasteiger partial charge in [0.2, 0.25) is 0 Å². The SMILES string of the molecule is NCCN1CCN(C2CCCCC2)CC1. The molecule has 0 unspecified atom stereocenters. The van der Waals surface area contributed by atoms with E-state index in [0.29, 0.717) is 0 Å². The molecule has 15 heavy (non-hydrogen) atoms. The number of rotatable bonds is 3. The van der Waals surface area contributed by atoms with Crippen LogP contribution in [0.1, 0.15) is 32.1 Å². The van der Waals surface area contributed by atoms with Gasteiger partial charge in [-0.15, -0.1) is 0 Å². The predicted molar refractivity (Wildman–Crippen MR) is 63.9 cm³/mol. The third kappa shape index (κ3) is 3.16. The minimum absolute atomic E-state index is 0.809. The van der Waals surface area contributed by atoms with Crippen LogP contribution in [0.2, 0.25) is 0 Å². The Balaban J connectivity index is 1.72. The Bertz CT molecular complexity index is 170. The third-order valence-electron chi connectivity index (χ3n) is 3.94. The van der Waals surface area contributed by atoms with Crippen LogP contribution in [-0.4, -0.2) is 55.1 Å². The van der Waals surface area contributed by atoms with Crippen molar-refractivity contribution in [2.24, 2.45) is 5.73 Å². The lowest BCUT2D eigenvalue weighted by atomic mass is 9.94. The summed E-state index contributed by atoms with van der Waals surface area (Å²) in [6.45, 7) is 6.89. The highest BCUT2D eigenvalue weighted by atomic mass is 15.3. The molecule has 0 aromatic heterocycles. The van der Waals surface area contributed by atoms with E-state index in [0.717, 1.165) is 19.1 Å². The minimum Gasteiger partial charge on any atom is -0.329 e.